The summed E-state index contributed by atoms with van der Waals surface area (Å²) in [5.74, 6) is 1.78. The van der Waals surface area contributed by atoms with Crippen LogP contribution < -0.4 is 19.7 Å². The maximum absolute atomic E-state index is 15.8. The Hall–Kier alpha value is -4.44. The zero-order valence-corrected chi connectivity index (χ0v) is 22.7. The van der Waals surface area contributed by atoms with Crippen LogP contribution in [0.25, 0.3) is 5.65 Å². The van der Waals surface area contributed by atoms with Crippen LogP contribution in [0.15, 0.2) is 66.2 Å². The molecule has 1 saturated heterocycles. The number of amidine groups is 1. The predicted octanol–water partition coefficient (Wildman–Crippen LogP) is 5.66. The van der Waals surface area contributed by atoms with Gasteiger partial charge in [0.15, 0.2) is 17.2 Å². The highest BCUT2D eigenvalue weighted by atomic mass is 19.1. The van der Waals surface area contributed by atoms with Gasteiger partial charge in [-0.15, -0.1) is 0 Å². The van der Waals surface area contributed by atoms with Crippen LogP contribution in [0.3, 0.4) is 0 Å². The Kier molecular flexibility index (Phi) is 7.08. The van der Waals surface area contributed by atoms with E-state index in [1.54, 1.807) is 48.1 Å². The van der Waals surface area contributed by atoms with Crippen molar-refractivity contribution >= 4 is 22.9 Å². The molecule has 1 fully saturated rings. The maximum atomic E-state index is 15.8. The number of aryl methyl sites for hydroxylation is 1. The number of fused-ring (bicyclic) bond motifs is 4. The van der Waals surface area contributed by atoms with E-state index >= 15 is 4.39 Å². The first-order valence-electron chi connectivity index (χ1n) is 13.4. The zero-order chi connectivity index (χ0) is 27.6. The Morgan fingerprint density at radius 1 is 1.23 bits per heavy atom. The van der Waals surface area contributed by atoms with Gasteiger partial charge in [0.2, 0.25) is 0 Å². The van der Waals surface area contributed by atoms with Gasteiger partial charge in [0.05, 0.1) is 36.2 Å². The lowest BCUT2D eigenvalue weighted by Gasteiger charge is -2.42. The van der Waals surface area contributed by atoms with Gasteiger partial charge < -0.3 is 24.4 Å². The summed E-state index contributed by atoms with van der Waals surface area (Å²) in [6.45, 7) is 8.35. The third kappa shape index (κ3) is 4.86. The van der Waals surface area contributed by atoms with Gasteiger partial charge in [-0.3, -0.25) is 0 Å². The first kappa shape index (κ1) is 25.8. The van der Waals surface area contributed by atoms with Gasteiger partial charge in [-0.05, 0) is 50.1 Å². The van der Waals surface area contributed by atoms with Crippen LogP contribution >= 0.6 is 0 Å². The van der Waals surface area contributed by atoms with Crippen molar-refractivity contribution in [3.63, 3.8) is 0 Å². The molecule has 2 aromatic heterocycles. The highest BCUT2D eigenvalue weighted by Gasteiger charge is 2.33. The Labute approximate surface area is 231 Å². The molecule has 0 radical (unpaired) electrons. The Morgan fingerprint density at radius 2 is 2.12 bits per heavy atom. The molecule has 0 aliphatic carbocycles. The van der Waals surface area contributed by atoms with Crippen molar-refractivity contribution in [2.24, 2.45) is 4.99 Å². The van der Waals surface area contributed by atoms with E-state index in [0.29, 0.717) is 54.1 Å². The summed E-state index contributed by atoms with van der Waals surface area (Å²) >= 11 is 0. The largest absolute Gasteiger partial charge is 0.488 e. The molecule has 10 heteroatoms. The number of nitrogens with one attached hydrogen (secondary N) is 1. The molecule has 2 aromatic carbocycles. The fourth-order valence-corrected chi connectivity index (χ4v) is 5.01. The van der Waals surface area contributed by atoms with Gasteiger partial charge in [0, 0.05) is 30.6 Å². The maximum Gasteiger partial charge on any atom is 0.158 e. The number of benzene rings is 2. The van der Waals surface area contributed by atoms with Gasteiger partial charge in [-0.25, -0.2) is 18.9 Å². The van der Waals surface area contributed by atoms with Crippen LogP contribution in [0, 0.1) is 19.7 Å². The second kappa shape index (κ2) is 11.0. The summed E-state index contributed by atoms with van der Waals surface area (Å²) in [7, 11) is 0. The molecule has 1 unspecified atom stereocenters. The van der Waals surface area contributed by atoms with Crippen LogP contribution in [0.4, 0.5) is 15.8 Å². The van der Waals surface area contributed by atoms with Gasteiger partial charge in [-0.1, -0.05) is 19.1 Å². The zero-order valence-electron chi connectivity index (χ0n) is 22.7. The molecule has 0 saturated carbocycles. The SMILES string of the molecule is CC/C=C/N=C(Nc1ccc(Oc2ccn3ncnc3c2)c(C)c1F)c1c(C)ccc2c1OCC1COCCN21. The lowest BCUT2D eigenvalue weighted by molar-refractivity contribution is 0.0704. The van der Waals surface area contributed by atoms with E-state index < -0.39 is 5.82 Å². The Bertz CT molecular complexity index is 1610. The fourth-order valence-electron chi connectivity index (χ4n) is 5.01. The number of allylic oxidation sites excluding steroid dienone is 1. The van der Waals surface area contributed by atoms with E-state index in [1.165, 1.54) is 6.33 Å². The second-order valence-corrected chi connectivity index (χ2v) is 9.81. The standard InChI is InChI=1S/C30H31FN6O3/c1-4-5-11-32-30(27-19(2)6-8-24-29(27)39-17-21-16-38-14-13-36(21)24)35-23-7-9-25(20(3)28(23)31)40-22-10-12-37-26(15-22)33-18-34-37/h5-12,15,18,21H,4,13-14,16-17H2,1-3H3,(H,32,35)/b11-5+. The van der Waals surface area contributed by atoms with E-state index in [2.05, 4.69) is 32.4 Å². The number of morpholine rings is 1. The van der Waals surface area contributed by atoms with Crippen LogP contribution in [-0.2, 0) is 4.74 Å². The molecule has 2 aliphatic heterocycles. The molecule has 1 N–H and O–H groups in total. The molecule has 0 bridgehead atoms. The molecule has 6 rings (SSSR count). The van der Waals surface area contributed by atoms with Gasteiger partial charge in [-0.2, -0.15) is 5.10 Å². The van der Waals surface area contributed by atoms with E-state index in [9.17, 15) is 0 Å². The summed E-state index contributed by atoms with van der Waals surface area (Å²) in [6.07, 6.45) is 7.74. The van der Waals surface area contributed by atoms with Crippen molar-refractivity contribution in [2.75, 3.05) is 36.6 Å². The van der Waals surface area contributed by atoms with Crippen molar-refractivity contribution in [2.45, 2.75) is 33.2 Å². The topological polar surface area (TPSA) is 85.5 Å². The summed E-state index contributed by atoms with van der Waals surface area (Å²) in [5.41, 5.74) is 4.08. The first-order valence-corrected chi connectivity index (χ1v) is 13.4. The normalized spacial score (nSPS) is 17.1. The van der Waals surface area contributed by atoms with Crippen molar-refractivity contribution in [3.8, 4) is 17.2 Å². The van der Waals surface area contributed by atoms with Gasteiger partial charge >= 0.3 is 0 Å². The lowest BCUT2D eigenvalue weighted by atomic mass is 10.0. The Morgan fingerprint density at radius 3 is 3.00 bits per heavy atom. The molecular formula is C30H31FN6O3. The third-order valence-corrected chi connectivity index (χ3v) is 7.15. The number of anilines is 2. The third-order valence-electron chi connectivity index (χ3n) is 7.15. The van der Waals surface area contributed by atoms with Crippen LogP contribution in [-0.4, -0.2) is 52.8 Å². The second-order valence-electron chi connectivity index (χ2n) is 9.81. The number of aliphatic imine (C=N–C) groups is 1. The smallest absolute Gasteiger partial charge is 0.158 e. The number of aromatic nitrogens is 3. The summed E-state index contributed by atoms with van der Waals surface area (Å²) in [6, 6.07) is 11.2. The summed E-state index contributed by atoms with van der Waals surface area (Å²) in [4.78, 5) is 11.2. The molecular weight excluding hydrogens is 511 g/mol. The van der Waals surface area contributed by atoms with Crippen molar-refractivity contribution in [3.05, 3.63) is 83.7 Å². The molecule has 9 nitrogen and oxygen atoms in total. The average Bonchev–Trinajstić information content (AvgIpc) is 3.44. The van der Waals surface area contributed by atoms with E-state index in [1.807, 2.05) is 19.9 Å². The molecule has 4 aromatic rings. The van der Waals surface area contributed by atoms with Crippen molar-refractivity contribution < 1.29 is 18.6 Å². The van der Waals surface area contributed by atoms with Gasteiger partial charge in [0.25, 0.3) is 0 Å². The number of pyridine rings is 1. The molecule has 4 heterocycles. The minimum absolute atomic E-state index is 0.170. The van der Waals surface area contributed by atoms with Crippen LogP contribution in [0.5, 0.6) is 17.2 Å². The number of hydrogen-bond acceptors (Lipinski definition) is 7. The number of halogens is 1. The minimum Gasteiger partial charge on any atom is -0.488 e. The molecule has 40 heavy (non-hydrogen) atoms. The summed E-state index contributed by atoms with van der Waals surface area (Å²) in [5, 5.41) is 7.35. The highest BCUT2D eigenvalue weighted by molar-refractivity contribution is 6.12. The number of hydrogen-bond donors (Lipinski definition) is 1. The fraction of sp³-hybridized carbons (Fsp3) is 0.300. The van der Waals surface area contributed by atoms with E-state index in [4.69, 9.17) is 19.2 Å². The van der Waals surface area contributed by atoms with Crippen molar-refractivity contribution in [1.29, 1.82) is 0 Å². The van der Waals surface area contributed by atoms with Crippen molar-refractivity contribution in [1.82, 2.24) is 14.6 Å². The van der Waals surface area contributed by atoms with E-state index in [-0.39, 0.29) is 6.04 Å². The molecule has 206 valence electrons. The number of nitrogens with zero attached hydrogens (tertiary/aromatic N) is 5. The lowest BCUT2D eigenvalue weighted by Crippen LogP contribution is -2.51. The quantitative estimate of drug-likeness (QED) is 0.249. The van der Waals surface area contributed by atoms with Crippen LogP contribution in [0.1, 0.15) is 30.0 Å². The molecule has 2 aliphatic rings. The monoisotopic (exact) mass is 542 g/mol. The van der Waals surface area contributed by atoms with Crippen LogP contribution in [0.2, 0.25) is 0 Å². The number of rotatable bonds is 6. The molecule has 1 atom stereocenters. The predicted molar refractivity (Wildman–Crippen MR) is 152 cm³/mol. The minimum atomic E-state index is -0.426. The summed E-state index contributed by atoms with van der Waals surface area (Å²) < 4.78 is 35.4. The Balaban J connectivity index is 1.34. The number of ether oxygens (including phenoxy) is 3. The average molecular weight is 543 g/mol. The molecule has 0 spiro atoms. The first-order chi connectivity index (χ1) is 19.5. The van der Waals surface area contributed by atoms with E-state index in [0.717, 1.165) is 35.5 Å². The highest BCUT2D eigenvalue weighted by Crippen LogP contribution is 2.40. The molecule has 0 amide bonds. The van der Waals surface area contributed by atoms with Gasteiger partial charge in [0.1, 0.15) is 30.3 Å².